The standard InChI is InChI=1S/C11H19NO3.ClH/c1-14-11(13)8-5-10(6-8)15-7-9-3-2-4-12-9;/h8-10,12H,2-7H2,1H3;1H/t8?,9-,10?;/m0./s1. The molecule has 0 aromatic carbocycles. The predicted molar refractivity (Wildman–Crippen MR) is 62.8 cm³/mol. The molecule has 0 radical (unpaired) electrons. The first-order chi connectivity index (χ1) is 7.29. The van der Waals surface area contributed by atoms with Gasteiger partial charge in [-0.05, 0) is 32.2 Å². The van der Waals surface area contributed by atoms with Crippen LogP contribution in [0.4, 0.5) is 0 Å². The van der Waals surface area contributed by atoms with Gasteiger partial charge in [0, 0.05) is 6.04 Å². The van der Waals surface area contributed by atoms with Gasteiger partial charge in [-0.2, -0.15) is 0 Å². The molecule has 0 aromatic rings. The number of hydrogen-bond acceptors (Lipinski definition) is 4. The molecule has 1 saturated carbocycles. The molecule has 0 amide bonds. The second-order valence-corrected chi connectivity index (χ2v) is 4.44. The van der Waals surface area contributed by atoms with Gasteiger partial charge in [0.1, 0.15) is 0 Å². The summed E-state index contributed by atoms with van der Waals surface area (Å²) in [5, 5.41) is 3.39. The van der Waals surface area contributed by atoms with Crippen molar-refractivity contribution in [2.45, 2.75) is 37.8 Å². The Morgan fingerprint density at radius 1 is 1.44 bits per heavy atom. The van der Waals surface area contributed by atoms with Crippen LogP contribution in [0.2, 0.25) is 0 Å². The van der Waals surface area contributed by atoms with E-state index in [-0.39, 0.29) is 30.4 Å². The molecule has 5 heteroatoms. The first kappa shape index (κ1) is 13.7. The van der Waals surface area contributed by atoms with Crippen LogP contribution in [0.3, 0.4) is 0 Å². The topological polar surface area (TPSA) is 47.6 Å². The fourth-order valence-corrected chi connectivity index (χ4v) is 2.21. The normalized spacial score (nSPS) is 32.7. The Hall–Kier alpha value is -0.320. The molecule has 4 nitrogen and oxygen atoms in total. The Bertz CT molecular complexity index is 225. The summed E-state index contributed by atoms with van der Waals surface area (Å²) >= 11 is 0. The third-order valence-electron chi connectivity index (χ3n) is 3.32. The summed E-state index contributed by atoms with van der Waals surface area (Å²) in [5.41, 5.74) is 0. The van der Waals surface area contributed by atoms with E-state index in [4.69, 9.17) is 4.74 Å². The Morgan fingerprint density at radius 2 is 2.19 bits per heavy atom. The molecule has 1 atom stereocenters. The minimum atomic E-state index is -0.0890. The van der Waals surface area contributed by atoms with Gasteiger partial charge in [0.05, 0.1) is 25.7 Å². The molecule has 0 spiro atoms. The molecular weight excluding hydrogens is 230 g/mol. The van der Waals surface area contributed by atoms with E-state index >= 15 is 0 Å². The van der Waals surface area contributed by atoms with Crippen LogP contribution in [-0.2, 0) is 14.3 Å². The van der Waals surface area contributed by atoms with E-state index in [1.54, 1.807) is 0 Å². The molecular formula is C11H20ClNO3. The smallest absolute Gasteiger partial charge is 0.308 e. The van der Waals surface area contributed by atoms with Crippen LogP contribution >= 0.6 is 12.4 Å². The van der Waals surface area contributed by atoms with E-state index in [0.29, 0.717) is 6.04 Å². The Balaban J connectivity index is 0.00000128. The number of methoxy groups -OCH3 is 1. The van der Waals surface area contributed by atoms with Crippen LogP contribution in [0.5, 0.6) is 0 Å². The molecule has 1 N–H and O–H groups in total. The van der Waals surface area contributed by atoms with Gasteiger partial charge >= 0.3 is 5.97 Å². The maximum Gasteiger partial charge on any atom is 0.308 e. The molecule has 94 valence electrons. The van der Waals surface area contributed by atoms with Crippen molar-refractivity contribution < 1.29 is 14.3 Å². The molecule has 0 aromatic heterocycles. The highest BCUT2D eigenvalue weighted by Gasteiger charge is 2.36. The number of halogens is 1. The first-order valence-electron chi connectivity index (χ1n) is 5.72. The van der Waals surface area contributed by atoms with Crippen molar-refractivity contribution in [1.82, 2.24) is 5.32 Å². The highest BCUT2D eigenvalue weighted by Crippen LogP contribution is 2.31. The fraction of sp³-hybridized carbons (Fsp3) is 0.909. The number of esters is 1. The lowest BCUT2D eigenvalue weighted by Gasteiger charge is -2.33. The summed E-state index contributed by atoms with van der Waals surface area (Å²) in [7, 11) is 1.44. The second kappa shape index (κ2) is 6.42. The van der Waals surface area contributed by atoms with Crippen molar-refractivity contribution in [3.8, 4) is 0 Å². The molecule has 0 bridgehead atoms. The van der Waals surface area contributed by atoms with Gasteiger partial charge in [-0.1, -0.05) is 0 Å². The largest absolute Gasteiger partial charge is 0.469 e. The average Bonchev–Trinajstić information content (AvgIpc) is 2.67. The van der Waals surface area contributed by atoms with Crippen molar-refractivity contribution in [2.24, 2.45) is 5.92 Å². The number of nitrogens with one attached hydrogen (secondary N) is 1. The van der Waals surface area contributed by atoms with Crippen LogP contribution in [0.25, 0.3) is 0 Å². The molecule has 2 rings (SSSR count). The monoisotopic (exact) mass is 249 g/mol. The van der Waals surface area contributed by atoms with Crippen molar-refractivity contribution in [3.63, 3.8) is 0 Å². The quantitative estimate of drug-likeness (QED) is 0.759. The maximum absolute atomic E-state index is 11.1. The van der Waals surface area contributed by atoms with E-state index in [0.717, 1.165) is 26.0 Å². The third kappa shape index (κ3) is 3.34. The van der Waals surface area contributed by atoms with Crippen molar-refractivity contribution in [1.29, 1.82) is 0 Å². The Labute approximate surface area is 102 Å². The van der Waals surface area contributed by atoms with Gasteiger partial charge in [0.25, 0.3) is 0 Å². The number of rotatable bonds is 4. The lowest BCUT2D eigenvalue weighted by Crippen LogP contribution is -2.39. The number of carbonyl (C=O) groups is 1. The second-order valence-electron chi connectivity index (χ2n) is 4.44. The van der Waals surface area contributed by atoms with Gasteiger partial charge in [0.15, 0.2) is 0 Å². The van der Waals surface area contributed by atoms with Crippen LogP contribution in [0, 0.1) is 5.92 Å². The lowest BCUT2D eigenvalue weighted by molar-refractivity contribution is -0.155. The zero-order valence-electron chi connectivity index (χ0n) is 9.61. The Morgan fingerprint density at radius 3 is 2.75 bits per heavy atom. The summed E-state index contributed by atoms with van der Waals surface area (Å²) in [5.74, 6) is -0.00891. The van der Waals surface area contributed by atoms with E-state index in [2.05, 4.69) is 10.1 Å². The minimum absolute atomic E-state index is 0. The summed E-state index contributed by atoms with van der Waals surface area (Å²) in [6.07, 6.45) is 4.41. The first-order valence-corrected chi connectivity index (χ1v) is 5.72. The van der Waals surface area contributed by atoms with E-state index < -0.39 is 0 Å². The highest BCUT2D eigenvalue weighted by molar-refractivity contribution is 5.85. The zero-order chi connectivity index (χ0) is 10.7. The van der Waals surface area contributed by atoms with Crippen LogP contribution in [0.15, 0.2) is 0 Å². The number of hydrogen-bond donors (Lipinski definition) is 1. The van der Waals surface area contributed by atoms with Gasteiger partial charge < -0.3 is 14.8 Å². The van der Waals surface area contributed by atoms with E-state index in [1.165, 1.54) is 20.0 Å². The van der Waals surface area contributed by atoms with E-state index in [9.17, 15) is 4.79 Å². The maximum atomic E-state index is 11.1. The molecule has 1 heterocycles. The van der Waals surface area contributed by atoms with Gasteiger partial charge in [0.2, 0.25) is 0 Å². The molecule has 16 heavy (non-hydrogen) atoms. The fourth-order valence-electron chi connectivity index (χ4n) is 2.21. The minimum Gasteiger partial charge on any atom is -0.469 e. The third-order valence-corrected chi connectivity index (χ3v) is 3.32. The van der Waals surface area contributed by atoms with E-state index in [1.807, 2.05) is 0 Å². The van der Waals surface area contributed by atoms with Crippen LogP contribution in [0.1, 0.15) is 25.7 Å². The summed E-state index contributed by atoms with van der Waals surface area (Å²) < 4.78 is 10.4. The summed E-state index contributed by atoms with van der Waals surface area (Å²) in [4.78, 5) is 11.1. The SMILES string of the molecule is COC(=O)C1CC(OC[C@@H]2CCCN2)C1.Cl. The average molecular weight is 250 g/mol. The molecule has 2 aliphatic rings. The molecule has 0 unspecified atom stereocenters. The highest BCUT2D eigenvalue weighted by atomic mass is 35.5. The van der Waals surface area contributed by atoms with Gasteiger partial charge in [-0.15, -0.1) is 12.4 Å². The molecule has 1 aliphatic heterocycles. The van der Waals surface area contributed by atoms with Crippen molar-refractivity contribution in [2.75, 3.05) is 20.3 Å². The zero-order valence-corrected chi connectivity index (χ0v) is 10.4. The molecule has 1 aliphatic carbocycles. The summed E-state index contributed by atoms with van der Waals surface area (Å²) in [6, 6.07) is 0.530. The van der Waals surface area contributed by atoms with Crippen molar-refractivity contribution >= 4 is 18.4 Å². The van der Waals surface area contributed by atoms with Gasteiger partial charge in [-0.25, -0.2) is 0 Å². The number of carbonyl (C=O) groups excluding carboxylic acids is 1. The van der Waals surface area contributed by atoms with Crippen LogP contribution < -0.4 is 5.32 Å². The van der Waals surface area contributed by atoms with Gasteiger partial charge in [-0.3, -0.25) is 4.79 Å². The van der Waals surface area contributed by atoms with Crippen molar-refractivity contribution in [3.05, 3.63) is 0 Å². The lowest BCUT2D eigenvalue weighted by atomic mass is 9.82. The predicted octanol–water partition coefficient (Wildman–Crippen LogP) is 1.13. The molecule has 1 saturated heterocycles. The molecule has 2 fully saturated rings. The number of ether oxygens (including phenoxy) is 2. The van der Waals surface area contributed by atoms with Crippen LogP contribution in [-0.4, -0.2) is 38.4 Å². The Kier molecular flexibility index (Phi) is 5.52. The summed E-state index contributed by atoms with van der Waals surface area (Å²) in [6.45, 7) is 1.90.